The van der Waals surface area contributed by atoms with Gasteiger partial charge in [-0.15, -0.1) is 11.3 Å². The van der Waals surface area contributed by atoms with E-state index in [1.54, 1.807) is 11.3 Å². The predicted octanol–water partition coefficient (Wildman–Crippen LogP) is 4.87. The van der Waals surface area contributed by atoms with Crippen molar-refractivity contribution < 1.29 is 0 Å². The Morgan fingerprint density at radius 1 is 1.25 bits per heavy atom. The highest BCUT2D eigenvalue weighted by Crippen LogP contribution is 2.34. The van der Waals surface area contributed by atoms with Crippen molar-refractivity contribution in [1.29, 1.82) is 0 Å². The van der Waals surface area contributed by atoms with E-state index in [9.17, 15) is 0 Å². The first-order valence-corrected chi connectivity index (χ1v) is 7.04. The normalized spacial score (nSPS) is 10.9. The Bertz CT molecular complexity index is 436. The Balaban J connectivity index is 2.94. The van der Waals surface area contributed by atoms with Crippen LogP contribution in [0.2, 0.25) is 0 Å². The number of hydrogen-bond acceptors (Lipinski definition) is 1. The van der Waals surface area contributed by atoms with Crippen LogP contribution in [-0.2, 0) is 0 Å². The van der Waals surface area contributed by atoms with Crippen LogP contribution >= 0.6 is 72.4 Å². The standard InChI is InChI=1S/C8H3BrI2S/c9-5-3-6-4(1-2-12-6)7(10)8(5)11/h1-3H. The maximum absolute atomic E-state index is 3.55. The molecular weight excluding hydrogens is 462 g/mol. The van der Waals surface area contributed by atoms with Crippen LogP contribution in [-0.4, -0.2) is 0 Å². The summed E-state index contributed by atoms with van der Waals surface area (Å²) in [7, 11) is 0. The molecule has 0 aliphatic rings. The molecule has 0 nitrogen and oxygen atoms in total. The molecule has 62 valence electrons. The van der Waals surface area contributed by atoms with E-state index in [1.165, 1.54) is 21.7 Å². The van der Waals surface area contributed by atoms with Crippen LogP contribution in [0.3, 0.4) is 0 Å². The summed E-state index contributed by atoms with van der Waals surface area (Å²) in [5.41, 5.74) is 0. The molecule has 2 aromatic rings. The summed E-state index contributed by atoms with van der Waals surface area (Å²) in [5.74, 6) is 0. The van der Waals surface area contributed by atoms with Gasteiger partial charge in [-0.25, -0.2) is 0 Å². The Hall–Kier alpha value is 1.12. The Morgan fingerprint density at radius 2 is 2.00 bits per heavy atom. The van der Waals surface area contributed by atoms with Gasteiger partial charge in [-0.1, -0.05) is 0 Å². The maximum Gasteiger partial charge on any atom is 0.0413 e. The summed E-state index contributed by atoms with van der Waals surface area (Å²) in [6.45, 7) is 0. The van der Waals surface area contributed by atoms with Crippen molar-refractivity contribution in [3.63, 3.8) is 0 Å². The summed E-state index contributed by atoms with van der Waals surface area (Å²) >= 11 is 10.1. The highest BCUT2D eigenvalue weighted by molar-refractivity contribution is 14.1. The second-order valence-electron chi connectivity index (χ2n) is 2.32. The van der Waals surface area contributed by atoms with E-state index in [4.69, 9.17) is 0 Å². The van der Waals surface area contributed by atoms with Gasteiger partial charge in [0.1, 0.15) is 0 Å². The molecule has 2 rings (SSSR count). The number of fused-ring (bicyclic) bond motifs is 1. The molecule has 0 fully saturated rings. The molecule has 0 aliphatic carbocycles. The maximum atomic E-state index is 3.55. The van der Waals surface area contributed by atoms with Gasteiger partial charge >= 0.3 is 0 Å². The summed E-state index contributed by atoms with van der Waals surface area (Å²) < 4.78 is 5.20. The lowest BCUT2D eigenvalue weighted by Crippen LogP contribution is -1.81. The van der Waals surface area contributed by atoms with Crippen LogP contribution in [0, 0.1) is 7.14 Å². The molecule has 4 heteroatoms. The van der Waals surface area contributed by atoms with Crippen molar-refractivity contribution in [1.82, 2.24) is 0 Å². The molecule has 1 aromatic carbocycles. The van der Waals surface area contributed by atoms with Gasteiger partial charge in [-0.2, -0.15) is 0 Å². The SMILES string of the molecule is Brc1cc2sccc2c(I)c1I. The molecule has 1 heterocycles. The molecule has 0 unspecified atom stereocenters. The van der Waals surface area contributed by atoms with Gasteiger partial charge in [0.05, 0.1) is 0 Å². The third kappa shape index (κ3) is 1.55. The van der Waals surface area contributed by atoms with Gasteiger partial charge in [-0.05, 0) is 78.6 Å². The van der Waals surface area contributed by atoms with Crippen molar-refractivity contribution in [3.05, 3.63) is 29.1 Å². The largest absolute Gasteiger partial charge is 0.144 e. The van der Waals surface area contributed by atoms with E-state index in [0.29, 0.717) is 0 Å². The summed E-state index contributed by atoms with van der Waals surface area (Å²) in [4.78, 5) is 0. The van der Waals surface area contributed by atoms with Crippen molar-refractivity contribution in [2.75, 3.05) is 0 Å². The van der Waals surface area contributed by atoms with E-state index >= 15 is 0 Å². The zero-order valence-electron chi connectivity index (χ0n) is 5.77. The minimum absolute atomic E-state index is 1.20. The van der Waals surface area contributed by atoms with Gasteiger partial charge in [0.15, 0.2) is 0 Å². The lowest BCUT2D eigenvalue weighted by Gasteiger charge is -2.00. The zero-order chi connectivity index (χ0) is 8.72. The third-order valence-corrected chi connectivity index (χ3v) is 7.10. The second kappa shape index (κ2) is 3.70. The highest BCUT2D eigenvalue weighted by Gasteiger charge is 2.07. The van der Waals surface area contributed by atoms with Crippen molar-refractivity contribution >= 4 is 82.5 Å². The fourth-order valence-electron chi connectivity index (χ4n) is 1.02. The first kappa shape index (κ1) is 9.67. The molecule has 0 amide bonds. The smallest absolute Gasteiger partial charge is 0.0413 e. The van der Waals surface area contributed by atoms with Gasteiger partial charge in [-0.3, -0.25) is 0 Å². The Kier molecular flexibility index (Phi) is 2.98. The highest BCUT2D eigenvalue weighted by atomic mass is 127. The van der Waals surface area contributed by atoms with Gasteiger partial charge in [0.25, 0.3) is 0 Å². The monoisotopic (exact) mass is 464 g/mol. The van der Waals surface area contributed by atoms with Crippen LogP contribution in [0.4, 0.5) is 0 Å². The summed E-state index contributed by atoms with van der Waals surface area (Å²) in [6.07, 6.45) is 0. The molecule has 0 saturated heterocycles. The summed E-state index contributed by atoms with van der Waals surface area (Å²) in [5, 5.41) is 3.50. The number of benzene rings is 1. The molecule has 0 N–H and O–H groups in total. The third-order valence-electron chi connectivity index (χ3n) is 1.59. The van der Waals surface area contributed by atoms with Gasteiger partial charge < -0.3 is 0 Å². The number of hydrogen-bond donors (Lipinski definition) is 0. The zero-order valence-corrected chi connectivity index (χ0v) is 12.5. The van der Waals surface area contributed by atoms with Crippen LogP contribution in [0.5, 0.6) is 0 Å². The lowest BCUT2D eigenvalue weighted by molar-refractivity contribution is 1.62. The van der Waals surface area contributed by atoms with Gasteiger partial charge in [0.2, 0.25) is 0 Å². The molecular formula is C8H3BrI2S. The minimum atomic E-state index is 1.20. The molecule has 0 atom stereocenters. The molecule has 0 bridgehead atoms. The molecule has 0 radical (unpaired) electrons. The van der Waals surface area contributed by atoms with Crippen molar-refractivity contribution in [2.24, 2.45) is 0 Å². The number of rotatable bonds is 0. The Morgan fingerprint density at radius 3 is 2.75 bits per heavy atom. The lowest BCUT2D eigenvalue weighted by atomic mass is 10.3. The van der Waals surface area contributed by atoms with E-state index < -0.39 is 0 Å². The van der Waals surface area contributed by atoms with Crippen molar-refractivity contribution in [3.8, 4) is 0 Å². The number of thiophene rings is 1. The summed E-state index contributed by atoms with van der Waals surface area (Å²) in [6, 6.07) is 4.36. The molecule has 0 spiro atoms. The average molecular weight is 465 g/mol. The fourth-order valence-corrected chi connectivity index (χ4v) is 4.19. The fraction of sp³-hybridized carbons (Fsp3) is 0. The average Bonchev–Trinajstić information content (AvgIpc) is 2.48. The minimum Gasteiger partial charge on any atom is -0.144 e. The van der Waals surface area contributed by atoms with Crippen LogP contribution in [0.1, 0.15) is 0 Å². The molecule has 0 aliphatic heterocycles. The van der Waals surface area contributed by atoms with Crippen molar-refractivity contribution in [2.45, 2.75) is 0 Å². The van der Waals surface area contributed by atoms with Gasteiger partial charge in [0, 0.05) is 21.7 Å². The van der Waals surface area contributed by atoms with E-state index in [1.807, 2.05) is 0 Å². The first-order valence-electron chi connectivity index (χ1n) is 3.21. The van der Waals surface area contributed by atoms with E-state index in [-0.39, 0.29) is 0 Å². The Labute approximate surface area is 110 Å². The second-order valence-corrected chi connectivity index (χ2v) is 6.28. The first-order chi connectivity index (χ1) is 5.70. The van der Waals surface area contributed by atoms with E-state index in [0.717, 1.165) is 0 Å². The van der Waals surface area contributed by atoms with Crippen LogP contribution < -0.4 is 0 Å². The van der Waals surface area contributed by atoms with Crippen LogP contribution in [0.25, 0.3) is 10.1 Å². The molecule has 0 saturated carbocycles. The topological polar surface area (TPSA) is 0 Å². The van der Waals surface area contributed by atoms with E-state index in [2.05, 4.69) is 78.6 Å². The van der Waals surface area contributed by atoms with Crippen LogP contribution in [0.15, 0.2) is 22.0 Å². The molecule has 12 heavy (non-hydrogen) atoms. The quantitative estimate of drug-likeness (QED) is 0.385. The number of halogens is 3. The molecule has 1 aromatic heterocycles. The predicted molar refractivity (Wildman–Crippen MR) is 75.0 cm³/mol.